The van der Waals surface area contributed by atoms with E-state index in [1.165, 1.54) is 16.7 Å². The second-order valence-corrected chi connectivity index (χ2v) is 9.74. The molecule has 2 amide bonds. The second-order valence-electron chi connectivity index (χ2n) is 9.74. The summed E-state index contributed by atoms with van der Waals surface area (Å²) in [6.07, 6.45) is -3.86. The molecule has 2 aliphatic heterocycles. The average Bonchev–Trinajstić information content (AvgIpc) is 2.98. The lowest BCUT2D eigenvalue weighted by atomic mass is 10.1. The van der Waals surface area contributed by atoms with E-state index in [9.17, 15) is 22.8 Å². The number of Topliss-reactive ketones (excluding diaryl/α,β-unsaturated/α-hetero) is 1. The van der Waals surface area contributed by atoms with E-state index in [1.54, 1.807) is 24.3 Å². The van der Waals surface area contributed by atoms with Crippen LogP contribution in [0.2, 0.25) is 0 Å². The zero-order valence-corrected chi connectivity index (χ0v) is 22.4. The molecule has 2 fully saturated rings. The van der Waals surface area contributed by atoms with Crippen LogP contribution >= 0.6 is 0 Å². The van der Waals surface area contributed by atoms with Crippen LogP contribution in [0.15, 0.2) is 54.7 Å². The summed E-state index contributed by atoms with van der Waals surface area (Å²) in [7, 11) is 0. The van der Waals surface area contributed by atoms with Gasteiger partial charge in [-0.25, -0.2) is 9.78 Å². The summed E-state index contributed by atoms with van der Waals surface area (Å²) in [5.74, 6) is -0.275. The van der Waals surface area contributed by atoms with Crippen LogP contribution in [0.5, 0.6) is 0 Å². The van der Waals surface area contributed by atoms with Gasteiger partial charge in [-0.3, -0.25) is 4.79 Å². The first-order valence-electron chi connectivity index (χ1n) is 13.2. The predicted molar refractivity (Wildman–Crippen MR) is 149 cm³/mol. The number of piperazine rings is 1. The predicted octanol–water partition coefficient (Wildman–Crippen LogP) is 4.63. The van der Waals surface area contributed by atoms with Gasteiger partial charge in [0.15, 0.2) is 5.78 Å². The summed E-state index contributed by atoms with van der Waals surface area (Å²) in [6, 6.07) is 13.6. The van der Waals surface area contributed by atoms with E-state index >= 15 is 0 Å². The number of hydrogen-bond donors (Lipinski definition) is 2. The molecule has 3 heterocycles. The normalized spacial score (nSPS) is 16.0. The van der Waals surface area contributed by atoms with Crippen LogP contribution in [-0.4, -0.2) is 79.2 Å². The van der Waals surface area contributed by atoms with Crippen molar-refractivity contribution in [3.63, 3.8) is 0 Å². The van der Waals surface area contributed by atoms with Gasteiger partial charge in [0.25, 0.3) is 0 Å². The molecule has 2 saturated heterocycles. The van der Waals surface area contributed by atoms with Gasteiger partial charge in [-0.05, 0) is 55.5 Å². The van der Waals surface area contributed by atoms with E-state index in [-0.39, 0.29) is 49.8 Å². The Balaban J connectivity index is 1.25. The molecule has 2 aromatic carbocycles. The highest BCUT2D eigenvalue weighted by Crippen LogP contribution is 2.36. The molecule has 0 saturated carbocycles. The lowest BCUT2D eigenvalue weighted by Gasteiger charge is -2.36. The van der Waals surface area contributed by atoms with E-state index in [1.807, 2.05) is 24.3 Å². The van der Waals surface area contributed by atoms with E-state index in [0.29, 0.717) is 30.2 Å². The molecule has 1 aromatic heterocycles. The van der Waals surface area contributed by atoms with Crippen molar-refractivity contribution in [3.8, 4) is 0 Å². The first-order valence-corrected chi connectivity index (χ1v) is 13.2. The number of amides is 2. The second kappa shape index (κ2) is 12.0. The fourth-order valence-electron chi connectivity index (χ4n) is 4.69. The molecule has 2 N–H and O–H groups in total. The highest BCUT2D eigenvalue weighted by molar-refractivity contribution is 5.95. The van der Waals surface area contributed by atoms with E-state index in [0.717, 1.165) is 25.0 Å². The summed E-state index contributed by atoms with van der Waals surface area (Å²) < 4.78 is 47.0. The third-order valence-corrected chi connectivity index (χ3v) is 6.98. The van der Waals surface area contributed by atoms with Crippen molar-refractivity contribution in [1.82, 2.24) is 14.9 Å². The van der Waals surface area contributed by atoms with E-state index < -0.39 is 11.7 Å². The first kappa shape index (κ1) is 28.1. The Bertz CT molecular complexity index is 1370. The summed E-state index contributed by atoms with van der Waals surface area (Å²) in [5, 5.41) is 5.76. The van der Waals surface area contributed by atoms with Gasteiger partial charge in [-0.1, -0.05) is 0 Å². The van der Waals surface area contributed by atoms with Crippen LogP contribution in [0.4, 0.5) is 46.8 Å². The SMILES string of the molecule is CC(=O)c1ccc(NC(=O)N2CCN(c3nc(Nc4ccc(N5CCOCC5)cc4)ncc3C(F)(F)F)CC2)cc1. The lowest BCUT2D eigenvalue weighted by molar-refractivity contribution is -0.137. The van der Waals surface area contributed by atoms with Crippen molar-refractivity contribution >= 4 is 40.6 Å². The smallest absolute Gasteiger partial charge is 0.378 e. The molecule has 0 spiro atoms. The molecule has 0 radical (unpaired) electrons. The van der Waals surface area contributed by atoms with Gasteiger partial charge in [0.05, 0.1) is 13.2 Å². The van der Waals surface area contributed by atoms with Crippen LogP contribution in [-0.2, 0) is 10.9 Å². The number of ether oxygens (including phenoxy) is 1. The number of nitrogens with one attached hydrogen (secondary N) is 2. The van der Waals surface area contributed by atoms with Gasteiger partial charge >= 0.3 is 12.2 Å². The Morgan fingerprint density at radius 3 is 2.10 bits per heavy atom. The third kappa shape index (κ3) is 6.85. The third-order valence-electron chi connectivity index (χ3n) is 6.98. The fraction of sp³-hybridized carbons (Fsp3) is 0.357. The number of halogens is 3. The molecule has 41 heavy (non-hydrogen) atoms. The minimum atomic E-state index is -4.64. The Hall–Kier alpha value is -4.39. The lowest BCUT2D eigenvalue weighted by Crippen LogP contribution is -2.50. The Morgan fingerprint density at radius 1 is 0.854 bits per heavy atom. The summed E-state index contributed by atoms with van der Waals surface area (Å²) in [4.78, 5) is 37.6. The summed E-state index contributed by atoms with van der Waals surface area (Å²) >= 11 is 0. The molecular weight excluding hydrogens is 539 g/mol. The number of carbonyl (C=O) groups is 2. The molecule has 10 nitrogen and oxygen atoms in total. The quantitative estimate of drug-likeness (QED) is 0.415. The van der Waals surface area contributed by atoms with Crippen molar-refractivity contribution in [2.45, 2.75) is 13.1 Å². The number of rotatable bonds is 6. The maximum atomic E-state index is 13.9. The molecule has 216 valence electrons. The maximum absolute atomic E-state index is 13.9. The molecule has 0 unspecified atom stereocenters. The highest BCUT2D eigenvalue weighted by atomic mass is 19.4. The molecule has 5 rings (SSSR count). The zero-order valence-electron chi connectivity index (χ0n) is 22.4. The number of carbonyl (C=O) groups excluding carboxylic acids is 2. The number of aromatic nitrogens is 2. The van der Waals surface area contributed by atoms with Crippen molar-refractivity contribution in [1.29, 1.82) is 0 Å². The molecular formula is C28H30F3N7O3. The molecule has 0 atom stereocenters. The van der Waals surface area contributed by atoms with Crippen LogP contribution in [0.1, 0.15) is 22.8 Å². The fourth-order valence-corrected chi connectivity index (χ4v) is 4.69. The molecule has 3 aromatic rings. The number of benzene rings is 2. The highest BCUT2D eigenvalue weighted by Gasteiger charge is 2.38. The van der Waals surface area contributed by atoms with Gasteiger partial charge in [-0.2, -0.15) is 18.2 Å². The number of nitrogens with zero attached hydrogens (tertiary/aromatic N) is 5. The molecule has 13 heteroatoms. The van der Waals surface area contributed by atoms with Crippen molar-refractivity contribution in [3.05, 3.63) is 65.9 Å². The number of alkyl halides is 3. The standard InChI is InChI=1S/C28H30F3N7O3/c1-19(39)20-2-4-22(5-3-20)34-27(40)38-12-10-37(11-13-38)25-24(28(29,30)31)18-32-26(35-25)33-21-6-8-23(9-7-21)36-14-16-41-17-15-36/h2-9,18H,10-17H2,1H3,(H,34,40)(H,32,33,35). The number of anilines is 5. The van der Waals surface area contributed by atoms with Crippen LogP contribution < -0.4 is 20.4 Å². The van der Waals surface area contributed by atoms with Gasteiger partial charge in [0.1, 0.15) is 11.4 Å². The zero-order chi connectivity index (χ0) is 29.0. The maximum Gasteiger partial charge on any atom is 0.421 e. The van der Waals surface area contributed by atoms with E-state index in [4.69, 9.17) is 4.74 Å². The van der Waals surface area contributed by atoms with Gasteiger partial charge in [0, 0.05) is 68.1 Å². The average molecular weight is 570 g/mol. The van der Waals surface area contributed by atoms with Crippen molar-refractivity contribution < 1.29 is 27.5 Å². The van der Waals surface area contributed by atoms with E-state index in [2.05, 4.69) is 25.5 Å². The Morgan fingerprint density at radius 2 is 1.49 bits per heavy atom. The van der Waals surface area contributed by atoms with Crippen LogP contribution in [0, 0.1) is 0 Å². The largest absolute Gasteiger partial charge is 0.421 e. The molecule has 0 aliphatic carbocycles. The number of urea groups is 1. The number of morpholine rings is 1. The Labute approximate surface area is 235 Å². The molecule has 0 bridgehead atoms. The van der Waals surface area contributed by atoms with Gasteiger partial charge in [-0.15, -0.1) is 0 Å². The van der Waals surface area contributed by atoms with Crippen LogP contribution in [0.3, 0.4) is 0 Å². The topological polar surface area (TPSA) is 103 Å². The van der Waals surface area contributed by atoms with Crippen molar-refractivity contribution in [2.24, 2.45) is 0 Å². The Kier molecular flexibility index (Phi) is 8.24. The monoisotopic (exact) mass is 569 g/mol. The summed E-state index contributed by atoms with van der Waals surface area (Å²) in [5.41, 5.74) is 1.79. The first-order chi connectivity index (χ1) is 19.7. The van der Waals surface area contributed by atoms with Gasteiger partial charge < -0.3 is 30.1 Å². The summed E-state index contributed by atoms with van der Waals surface area (Å²) in [6.45, 7) is 5.08. The number of ketones is 1. The minimum Gasteiger partial charge on any atom is -0.378 e. The van der Waals surface area contributed by atoms with Gasteiger partial charge in [0.2, 0.25) is 5.95 Å². The number of hydrogen-bond acceptors (Lipinski definition) is 8. The minimum absolute atomic E-state index is 0.0429. The van der Waals surface area contributed by atoms with Crippen molar-refractivity contribution in [2.75, 3.05) is 72.9 Å². The molecule has 2 aliphatic rings. The van der Waals surface area contributed by atoms with Crippen LogP contribution in [0.25, 0.3) is 0 Å².